The number of likely N-dealkylation sites (tertiary alicyclic amines) is 1. The van der Waals surface area contributed by atoms with Gasteiger partial charge in [-0.1, -0.05) is 12.2 Å². The van der Waals surface area contributed by atoms with Crippen molar-refractivity contribution in [1.29, 1.82) is 0 Å². The van der Waals surface area contributed by atoms with Crippen LogP contribution in [0.25, 0.3) is 0 Å². The first-order valence-electron chi connectivity index (χ1n) is 3.61. The molecule has 1 atom stereocenters. The molecule has 0 N–H and O–H groups in total. The predicted octanol–water partition coefficient (Wildman–Crippen LogP) is 2.12. The standard InChI is InChI=1S/C7H12FNS/c1-6-3-2-4-7(10)9(6)5-8/h6H,2-5H2,1H3. The van der Waals surface area contributed by atoms with Crippen LogP contribution < -0.4 is 0 Å². The Morgan fingerprint density at radius 1 is 1.80 bits per heavy atom. The van der Waals surface area contributed by atoms with Gasteiger partial charge in [0.25, 0.3) is 0 Å². The molecule has 0 aromatic rings. The molecule has 10 heavy (non-hydrogen) atoms. The van der Waals surface area contributed by atoms with Gasteiger partial charge in [-0.05, 0) is 26.2 Å². The van der Waals surface area contributed by atoms with Crippen LogP contribution in [-0.4, -0.2) is 22.7 Å². The van der Waals surface area contributed by atoms with Crippen LogP contribution in [-0.2, 0) is 0 Å². The van der Waals surface area contributed by atoms with Crippen LogP contribution in [0.3, 0.4) is 0 Å². The van der Waals surface area contributed by atoms with Crippen LogP contribution in [0.4, 0.5) is 4.39 Å². The van der Waals surface area contributed by atoms with E-state index in [0.717, 1.165) is 24.3 Å². The zero-order valence-electron chi connectivity index (χ0n) is 6.14. The second-order valence-corrected chi connectivity index (χ2v) is 3.20. The number of piperidine rings is 1. The fourth-order valence-corrected chi connectivity index (χ4v) is 1.65. The lowest BCUT2D eigenvalue weighted by Crippen LogP contribution is -2.40. The lowest BCUT2D eigenvalue weighted by Gasteiger charge is -2.32. The molecule has 3 heteroatoms. The van der Waals surface area contributed by atoms with Crippen molar-refractivity contribution in [3.63, 3.8) is 0 Å². The summed E-state index contributed by atoms with van der Waals surface area (Å²) in [5.41, 5.74) is 0. The van der Waals surface area contributed by atoms with E-state index in [-0.39, 0.29) is 0 Å². The Labute approximate surface area is 66.2 Å². The molecule has 0 aliphatic carbocycles. The molecule has 1 fully saturated rings. The van der Waals surface area contributed by atoms with E-state index in [0.29, 0.717) is 6.04 Å². The van der Waals surface area contributed by atoms with E-state index < -0.39 is 6.80 Å². The van der Waals surface area contributed by atoms with Crippen molar-refractivity contribution in [2.75, 3.05) is 6.80 Å². The highest BCUT2D eigenvalue weighted by Gasteiger charge is 2.20. The number of halogens is 1. The quantitative estimate of drug-likeness (QED) is 0.428. The summed E-state index contributed by atoms with van der Waals surface area (Å²) in [6.45, 7) is 1.60. The summed E-state index contributed by atoms with van der Waals surface area (Å²) in [6.07, 6.45) is 3.09. The summed E-state index contributed by atoms with van der Waals surface area (Å²) >= 11 is 4.99. The third-order valence-electron chi connectivity index (χ3n) is 1.99. The molecule has 58 valence electrons. The molecule has 0 radical (unpaired) electrons. The molecule has 0 spiro atoms. The van der Waals surface area contributed by atoms with Crippen molar-refractivity contribution >= 4 is 17.2 Å². The minimum absolute atomic E-state index is 0.311. The summed E-state index contributed by atoms with van der Waals surface area (Å²) in [5, 5.41) is 0. The fraction of sp³-hybridized carbons (Fsp3) is 0.857. The monoisotopic (exact) mass is 161 g/mol. The molecule has 1 aliphatic rings. The maximum absolute atomic E-state index is 12.2. The number of nitrogens with zero attached hydrogens (tertiary/aromatic N) is 1. The maximum atomic E-state index is 12.2. The van der Waals surface area contributed by atoms with Crippen LogP contribution in [0.2, 0.25) is 0 Å². The zero-order valence-corrected chi connectivity index (χ0v) is 6.96. The highest BCUT2D eigenvalue weighted by atomic mass is 32.1. The van der Waals surface area contributed by atoms with Gasteiger partial charge in [0.2, 0.25) is 0 Å². The molecular formula is C7H12FNS. The number of hydrogen-bond donors (Lipinski definition) is 0. The van der Waals surface area contributed by atoms with Gasteiger partial charge in [0, 0.05) is 6.04 Å². The molecule has 0 bridgehead atoms. The number of alkyl halides is 1. The Morgan fingerprint density at radius 3 is 2.90 bits per heavy atom. The van der Waals surface area contributed by atoms with Gasteiger partial charge in [0.1, 0.15) is 0 Å². The van der Waals surface area contributed by atoms with E-state index in [9.17, 15) is 4.39 Å². The van der Waals surface area contributed by atoms with Crippen molar-refractivity contribution in [3.8, 4) is 0 Å². The number of hydrogen-bond acceptors (Lipinski definition) is 1. The molecule has 1 saturated heterocycles. The average Bonchev–Trinajstić information content (AvgIpc) is 1.88. The fourth-order valence-electron chi connectivity index (χ4n) is 1.28. The highest BCUT2D eigenvalue weighted by molar-refractivity contribution is 7.80. The molecule has 1 heterocycles. The maximum Gasteiger partial charge on any atom is 0.162 e. The summed E-state index contributed by atoms with van der Waals surface area (Å²) in [6, 6.07) is 0.311. The highest BCUT2D eigenvalue weighted by Crippen LogP contribution is 2.18. The van der Waals surface area contributed by atoms with Crippen LogP contribution in [0.15, 0.2) is 0 Å². The molecule has 0 saturated carbocycles. The number of rotatable bonds is 1. The van der Waals surface area contributed by atoms with E-state index >= 15 is 0 Å². The first kappa shape index (κ1) is 7.92. The van der Waals surface area contributed by atoms with E-state index in [1.54, 1.807) is 4.90 Å². The van der Waals surface area contributed by atoms with E-state index in [4.69, 9.17) is 12.2 Å². The van der Waals surface area contributed by atoms with Crippen molar-refractivity contribution in [3.05, 3.63) is 0 Å². The third-order valence-corrected chi connectivity index (χ3v) is 2.43. The Kier molecular flexibility index (Phi) is 2.60. The van der Waals surface area contributed by atoms with Gasteiger partial charge in [-0.3, -0.25) is 0 Å². The molecule has 0 amide bonds. The smallest absolute Gasteiger partial charge is 0.162 e. The van der Waals surface area contributed by atoms with Crippen molar-refractivity contribution in [2.24, 2.45) is 0 Å². The van der Waals surface area contributed by atoms with Gasteiger partial charge in [-0.2, -0.15) is 0 Å². The molecule has 0 aromatic carbocycles. The SMILES string of the molecule is CC1CCCC(=S)N1CF. The van der Waals surface area contributed by atoms with Gasteiger partial charge >= 0.3 is 0 Å². The third kappa shape index (κ3) is 1.45. The molecule has 0 aromatic heterocycles. The van der Waals surface area contributed by atoms with Crippen molar-refractivity contribution in [2.45, 2.75) is 32.2 Å². The largest absolute Gasteiger partial charge is 0.336 e. The van der Waals surface area contributed by atoms with Crippen LogP contribution in [0.5, 0.6) is 0 Å². The van der Waals surface area contributed by atoms with E-state index in [1.165, 1.54) is 0 Å². The zero-order chi connectivity index (χ0) is 7.56. The predicted molar refractivity (Wildman–Crippen MR) is 43.7 cm³/mol. The van der Waals surface area contributed by atoms with Gasteiger partial charge in [0.15, 0.2) is 6.80 Å². The minimum Gasteiger partial charge on any atom is -0.336 e. The summed E-state index contributed by atoms with van der Waals surface area (Å²) in [4.78, 5) is 2.46. The normalized spacial score (nSPS) is 27.2. The van der Waals surface area contributed by atoms with E-state index in [2.05, 4.69) is 0 Å². The first-order chi connectivity index (χ1) is 4.75. The Morgan fingerprint density at radius 2 is 2.50 bits per heavy atom. The molecule has 1 nitrogen and oxygen atoms in total. The summed E-state index contributed by atoms with van der Waals surface area (Å²) in [7, 11) is 0. The molecule has 1 rings (SSSR count). The Hall–Kier alpha value is -0.180. The lowest BCUT2D eigenvalue weighted by atomic mass is 10.0. The second kappa shape index (κ2) is 3.28. The van der Waals surface area contributed by atoms with Crippen molar-refractivity contribution < 1.29 is 4.39 Å². The first-order valence-corrected chi connectivity index (χ1v) is 4.02. The topological polar surface area (TPSA) is 3.24 Å². The minimum atomic E-state index is -0.417. The van der Waals surface area contributed by atoms with Gasteiger partial charge in [0.05, 0.1) is 4.99 Å². The molecule has 1 aliphatic heterocycles. The lowest BCUT2D eigenvalue weighted by molar-refractivity contribution is 0.206. The van der Waals surface area contributed by atoms with Crippen molar-refractivity contribution in [1.82, 2.24) is 4.90 Å². The van der Waals surface area contributed by atoms with Crippen LogP contribution in [0.1, 0.15) is 26.2 Å². The summed E-state index contributed by atoms with van der Waals surface area (Å²) in [5.74, 6) is 0. The van der Waals surface area contributed by atoms with E-state index in [1.807, 2.05) is 6.92 Å². The van der Waals surface area contributed by atoms with Crippen LogP contribution in [0, 0.1) is 0 Å². The molecule has 1 unspecified atom stereocenters. The molecular weight excluding hydrogens is 149 g/mol. The van der Waals surface area contributed by atoms with Crippen LogP contribution >= 0.6 is 12.2 Å². The summed E-state index contributed by atoms with van der Waals surface area (Å²) < 4.78 is 12.2. The number of thiocarbonyl (C=S) groups is 1. The Balaban J connectivity index is 2.53. The van der Waals surface area contributed by atoms with Gasteiger partial charge < -0.3 is 4.90 Å². The van der Waals surface area contributed by atoms with Gasteiger partial charge in [-0.15, -0.1) is 0 Å². The Bertz CT molecular complexity index is 138. The average molecular weight is 161 g/mol. The second-order valence-electron chi connectivity index (χ2n) is 2.72. The van der Waals surface area contributed by atoms with Gasteiger partial charge in [-0.25, -0.2) is 4.39 Å².